The van der Waals surface area contributed by atoms with E-state index in [4.69, 9.17) is 0 Å². The zero-order chi connectivity index (χ0) is 11.9. The first-order valence-corrected chi connectivity index (χ1v) is 5.83. The van der Waals surface area contributed by atoms with Crippen molar-refractivity contribution in [2.24, 2.45) is 4.99 Å². The summed E-state index contributed by atoms with van der Waals surface area (Å²) in [5.41, 5.74) is 3.16. The largest absolute Gasteiger partial charge is 0.356 e. The van der Waals surface area contributed by atoms with E-state index in [2.05, 4.69) is 17.2 Å². The first-order chi connectivity index (χ1) is 8.38. The van der Waals surface area contributed by atoms with Gasteiger partial charge < -0.3 is 5.32 Å². The Hall–Kier alpha value is -2.09. The molecule has 2 heteroatoms. The first-order valence-electron chi connectivity index (χ1n) is 5.83. The van der Waals surface area contributed by atoms with Gasteiger partial charge in [0.15, 0.2) is 0 Å². The van der Waals surface area contributed by atoms with Gasteiger partial charge in [0.05, 0.1) is 5.69 Å². The highest BCUT2D eigenvalue weighted by Crippen LogP contribution is 2.19. The lowest BCUT2D eigenvalue weighted by molar-refractivity contribution is 1.31. The smallest absolute Gasteiger partial charge is 0.0627 e. The molecule has 1 N–H and O–H groups in total. The van der Waals surface area contributed by atoms with Gasteiger partial charge in [-0.25, -0.2) is 0 Å². The molecule has 0 saturated heterocycles. The SMILES string of the molecule is CCC=Nc1ccc(Nc2ccccc2)cc1. The number of anilines is 2. The molecule has 0 amide bonds. The fourth-order valence-electron chi connectivity index (χ4n) is 1.52. The Morgan fingerprint density at radius 3 is 2.24 bits per heavy atom. The summed E-state index contributed by atoms with van der Waals surface area (Å²) in [7, 11) is 0. The molecule has 0 unspecified atom stereocenters. The maximum Gasteiger partial charge on any atom is 0.0627 e. The summed E-state index contributed by atoms with van der Waals surface area (Å²) in [5.74, 6) is 0. The molecule has 0 heterocycles. The molecule has 2 nitrogen and oxygen atoms in total. The summed E-state index contributed by atoms with van der Waals surface area (Å²) in [6.07, 6.45) is 2.88. The summed E-state index contributed by atoms with van der Waals surface area (Å²) < 4.78 is 0. The summed E-state index contributed by atoms with van der Waals surface area (Å²) >= 11 is 0. The number of nitrogens with one attached hydrogen (secondary N) is 1. The quantitative estimate of drug-likeness (QED) is 0.757. The Labute approximate surface area is 102 Å². The van der Waals surface area contributed by atoms with E-state index in [0.717, 1.165) is 23.5 Å². The Morgan fingerprint density at radius 1 is 0.941 bits per heavy atom. The van der Waals surface area contributed by atoms with Crippen LogP contribution in [0.25, 0.3) is 0 Å². The number of aliphatic imine (C=N–C) groups is 1. The minimum atomic E-state index is 0.962. The minimum absolute atomic E-state index is 0.962. The molecule has 0 aliphatic rings. The van der Waals surface area contributed by atoms with Gasteiger partial charge in [-0.1, -0.05) is 25.1 Å². The van der Waals surface area contributed by atoms with Gasteiger partial charge >= 0.3 is 0 Å². The zero-order valence-electron chi connectivity index (χ0n) is 9.93. The predicted octanol–water partition coefficient (Wildman–Crippen LogP) is 4.54. The molecule has 0 atom stereocenters. The van der Waals surface area contributed by atoms with Gasteiger partial charge in [-0.3, -0.25) is 4.99 Å². The van der Waals surface area contributed by atoms with Crippen molar-refractivity contribution in [1.82, 2.24) is 0 Å². The van der Waals surface area contributed by atoms with Crippen molar-refractivity contribution in [1.29, 1.82) is 0 Å². The van der Waals surface area contributed by atoms with Gasteiger partial charge in [0, 0.05) is 17.6 Å². The van der Waals surface area contributed by atoms with Crippen molar-refractivity contribution in [2.75, 3.05) is 5.32 Å². The van der Waals surface area contributed by atoms with Crippen LogP contribution in [0.3, 0.4) is 0 Å². The van der Waals surface area contributed by atoms with E-state index in [1.54, 1.807) is 0 Å². The summed E-state index contributed by atoms with van der Waals surface area (Å²) in [5, 5.41) is 3.34. The molecular formula is C15H16N2. The number of hydrogen-bond acceptors (Lipinski definition) is 2. The molecular weight excluding hydrogens is 208 g/mol. The maximum atomic E-state index is 4.32. The molecule has 2 rings (SSSR count). The number of nitrogens with zero attached hydrogens (tertiary/aromatic N) is 1. The Bertz CT molecular complexity index is 472. The second-order valence-electron chi connectivity index (χ2n) is 3.76. The van der Waals surface area contributed by atoms with Gasteiger partial charge in [-0.05, 0) is 42.8 Å². The highest BCUT2D eigenvalue weighted by atomic mass is 14.9. The Morgan fingerprint density at radius 2 is 1.59 bits per heavy atom. The van der Waals surface area contributed by atoms with E-state index in [9.17, 15) is 0 Å². The number of para-hydroxylation sites is 1. The third-order valence-corrected chi connectivity index (χ3v) is 2.35. The summed E-state index contributed by atoms with van der Waals surface area (Å²) in [4.78, 5) is 4.32. The molecule has 0 radical (unpaired) electrons. The topological polar surface area (TPSA) is 24.4 Å². The van der Waals surface area contributed by atoms with Crippen LogP contribution in [0.2, 0.25) is 0 Å². The fraction of sp³-hybridized carbons (Fsp3) is 0.133. The molecule has 0 aliphatic carbocycles. The van der Waals surface area contributed by atoms with Gasteiger partial charge in [0.25, 0.3) is 0 Å². The van der Waals surface area contributed by atoms with Gasteiger partial charge in [0.1, 0.15) is 0 Å². The van der Waals surface area contributed by atoms with E-state index in [1.807, 2.05) is 60.8 Å². The normalized spacial score (nSPS) is 10.6. The molecule has 0 aromatic heterocycles. The molecule has 0 saturated carbocycles. The van der Waals surface area contributed by atoms with Crippen LogP contribution in [0.5, 0.6) is 0 Å². The van der Waals surface area contributed by atoms with Crippen LogP contribution in [0.4, 0.5) is 17.1 Å². The lowest BCUT2D eigenvalue weighted by Crippen LogP contribution is -1.88. The fourth-order valence-corrected chi connectivity index (χ4v) is 1.52. The molecule has 0 fully saturated rings. The summed E-state index contributed by atoms with van der Waals surface area (Å²) in [6.45, 7) is 2.08. The van der Waals surface area contributed by atoms with E-state index < -0.39 is 0 Å². The lowest BCUT2D eigenvalue weighted by Gasteiger charge is -2.05. The third kappa shape index (κ3) is 3.45. The Kier molecular flexibility index (Phi) is 3.92. The number of rotatable bonds is 4. The van der Waals surface area contributed by atoms with Crippen molar-refractivity contribution in [3.63, 3.8) is 0 Å². The molecule has 86 valence electrons. The van der Waals surface area contributed by atoms with E-state index in [0.29, 0.717) is 0 Å². The second kappa shape index (κ2) is 5.85. The number of hydrogen-bond donors (Lipinski definition) is 1. The van der Waals surface area contributed by atoms with Crippen LogP contribution >= 0.6 is 0 Å². The summed E-state index contributed by atoms with van der Waals surface area (Å²) in [6, 6.07) is 18.2. The van der Waals surface area contributed by atoms with Crippen molar-refractivity contribution in [3.8, 4) is 0 Å². The minimum Gasteiger partial charge on any atom is -0.356 e. The van der Waals surface area contributed by atoms with E-state index in [-0.39, 0.29) is 0 Å². The molecule has 0 aliphatic heterocycles. The predicted molar refractivity (Wildman–Crippen MR) is 74.6 cm³/mol. The second-order valence-corrected chi connectivity index (χ2v) is 3.76. The Balaban J connectivity index is 2.06. The first kappa shape index (κ1) is 11.4. The van der Waals surface area contributed by atoms with E-state index in [1.165, 1.54) is 0 Å². The molecule has 0 bridgehead atoms. The third-order valence-electron chi connectivity index (χ3n) is 2.35. The van der Waals surface area contributed by atoms with Crippen LogP contribution in [-0.2, 0) is 0 Å². The van der Waals surface area contributed by atoms with Crippen LogP contribution < -0.4 is 5.32 Å². The van der Waals surface area contributed by atoms with Crippen molar-refractivity contribution in [3.05, 3.63) is 54.6 Å². The van der Waals surface area contributed by atoms with E-state index >= 15 is 0 Å². The molecule has 0 spiro atoms. The van der Waals surface area contributed by atoms with Crippen LogP contribution in [0.1, 0.15) is 13.3 Å². The van der Waals surface area contributed by atoms with Crippen LogP contribution in [0.15, 0.2) is 59.6 Å². The average Bonchev–Trinajstić information content (AvgIpc) is 2.39. The molecule has 17 heavy (non-hydrogen) atoms. The van der Waals surface area contributed by atoms with Crippen molar-refractivity contribution < 1.29 is 0 Å². The van der Waals surface area contributed by atoms with Gasteiger partial charge in [-0.2, -0.15) is 0 Å². The maximum absolute atomic E-state index is 4.32. The van der Waals surface area contributed by atoms with Crippen LogP contribution in [0, 0.1) is 0 Å². The molecule has 2 aromatic rings. The van der Waals surface area contributed by atoms with Crippen LogP contribution in [-0.4, -0.2) is 6.21 Å². The highest BCUT2D eigenvalue weighted by Gasteiger charge is 1.93. The molecule has 2 aromatic carbocycles. The lowest BCUT2D eigenvalue weighted by atomic mass is 10.2. The van der Waals surface area contributed by atoms with Crippen molar-refractivity contribution in [2.45, 2.75) is 13.3 Å². The monoisotopic (exact) mass is 224 g/mol. The zero-order valence-corrected chi connectivity index (χ0v) is 9.93. The number of benzene rings is 2. The van der Waals surface area contributed by atoms with Crippen molar-refractivity contribution >= 4 is 23.3 Å². The highest BCUT2D eigenvalue weighted by molar-refractivity contribution is 5.65. The average molecular weight is 224 g/mol. The standard InChI is InChI=1S/C15H16N2/c1-2-12-16-13-8-10-15(11-9-13)17-14-6-4-3-5-7-14/h3-12,17H,2H2,1H3. The van der Waals surface area contributed by atoms with Gasteiger partial charge in [0.2, 0.25) is 0 Å². The van der Waals surface area contributed by atoms with Gasteiger partial charge in [-0.15, -0.1) is 0 Å².